The summed E-state index contributed by atoms with van der Waals surface area (Å²) in [6.07, 6.45) is 0.477. The molecule has 0 saturated carbocycles. The van der Waals surface area contributed by atoms with Crippen LogP contribution in [0.1, 0.15) is 21.1 Å². The fraction of sp³-hybridized carbons (Fsp3) is 0.500. The van der Waals surface area contributed by atoms with E-state index in [-0.39, 0.29) is 10.4 Å². The average molecular weight is 326 g/mol. The van der Waals surface area contributed by atoms with Gasteiger partial charge < -0.3 is 14.6 Å². The first-order valence-corrected chi connectivity index (χ1v) is 7.56. The zero-order valence-corrected chi connectivity index (χ0v) is 13.5. The lowest BCUT2D eigenvalue weighted by Crippen LogP contribution is -2.27. The number of ether oxygens (including phenoxy) is 2. The summed E-state index contributed by atoms with van der Waals surface area (Å²) in [7, 11) is 3.14. The molecule has 7 nitrogen and oxygen atoms in total. The van der Waals surface area contributed by atoms with Crippen LogP contribution in [0.4, 0.5) is 0 Å². The molecule has 0 saturated heterocycles. The first-order chi connectivity index (χ1) is 10.5. The summed E-state index contributed by atoms with van der Waals surface area (Å²) in [6, 6.07) is 0. The molecule has 2 aromatic rings. The van der Waals surface area contributed by atoms with Crippen molar-refractivity contribution < 1.29 is 19.4 Å². The number of nitrogens with zero attached hydrogens (tertiary/aromatic N) is 2. The number of carboxylic acids is 1. The Morgan fingerprint density at radius 1 is 1.32 bits per heavy atom. The Balaban J connectivity index is 2.66. The molecular weight excluding hydrogens is 308 g/mol. The molecule has 120 valence electrons. The zero-order chi connectivity index (χ0) is 16.3. The van der Waals surface area contributed by atoms with E-state index in [1.54, 1.807) is 21.1 Å². The molecule has 2 rings (SSSR count). The van der Waals surface area contributed by atoms with Crippen LogP contribution in [0.5, 0.6) is 0 Å². The minimum absolute atomic E-state index is 0.154. The highest BCUT2D eigenvalue weighted by Crippen LogP contribution is 2.27. The fourth-order valence-electron chi connectivity index (χ4n) is 2.26. The van der Waals surface area contributed by atoms with Gasteiger partial charge in [-0.3, -0.25) is 9.36 Å². The van der Waals surface area contributed by atoms with Crippen LogP contribution in [0.15, 0.2) is 4.79 Å². The number of aromatic nitrogens is 2. The molecule has 1 N–H and O–H groups in total. The van der Waals surface area contributed by atoms with E-state index in [1.165, 1.54) is 4.57 Å². The Hall–Kier alpha value is -1.77. The molecule has 0 spiro atoms. The molecule has 0 unspecified atom stereocenters. The second-order valence-corrected chi connectivity index (χ2v) is 5.76. The largest absolute Gasteiger partial charge is 0.477 e. The predicted octanol–water partition coefficient (Wildman–Crippen LogP) is 1.30. The van der Waals surface area contributed by atoms with Gasteiger partial charge >= 0.3 is 5.97 Å². The minimum atomic E-state index is -1.04. The SMILES string of the molecule is COCCc1nc2sc(C(=O)O)c(C)c2c(=O)n1CCOC. The summed E-state index contributed by atoms with van der Waals surface area (Å²) in [5.74, 6) is -0.462. The van der Waals surface area contributed by atoms with Gasteiger partial charge in [0, 0.05) is 20.6 Å². The third kappa shape index (κ3) is 3.03. The molecule has 0 bridgehead atoms. The van der Waals surface area contributed by atoms with E-state index in [2.05, 4.69) is 4.98 Å². The van der Waals surface area contributed by atoms with Gasteiger partial charge in [-0.15, -0.1) is 11.3 Å². The first-order valence-electron chi connectivity index (χ1n) is 6.75. The summed E-state index contributed by atoms with van der Waals surface area (Å²) in [6.45, 7) is 2.82. The summed E-state index contributed by atoms with van der Waals surface area (Å²) in [5, 5.41) is 9.59. The minimum Gasteiger partial charge on any atom is -0.477 e. The van der Waals surface area contributed by atoms with Gasteiger partial charge in [-0.2, -0.15) is 0 Å². The van der Waals surface area contributed by atoms with Crippen molar-refractivity contribution in [1.29, 1.82) is 0 Å². The quantitative estimate of drug-likeness (QED) is 0.825. The molecule has 0 radical (unpaired) electrons. The van der Waals surface area contributed by atoms with Crippen molar-refractivity contribution >= 4 is 27.5 Å². The number of carboxylic acid groups (broad SMARTS) is 1. The molecule has 0 aliphatic carbocycles. The van der Waals surface area contributed by atoms with Crippen LogP contribution < -0.4 is 5.56 Å². The van der Waals surface area contributed by atoms with Crippen LogP contribution in [-0.2, 0) is 22.4 Å². The Morgan fingerprint density at radius 3 is 2.59 bits per heavy atom. The van der Waals surface area contributed by atoms with Crippen LogP contribution in [0.25, 0.3) is 10.2 Å². The van der Waals surface area contributed by atoms with Crippen LogP contribution in [-0.4, -0.2) is 48.1 Å². The van der Waals surface area contributed by atoms with Gasteiger partial charge in [-0.25, -0.2) is 9.78 Å². The maximum absolute atomic E-state index is 12.7. The Morgan fingerprint density at radius 2 is 2.00 bits per heavy atom. The number of methoxy groups -OCH3 is 2. The maximum atomic E-state index is 12.7. The summed E-state index contributed by atoms with van der Waals surface area (Å²) >= 11 is 1.03. The zero-order valence-electron chi connectivity index (χ0n) is 12.7. The number of hydrogen-bond acceptors (Lipinski definition) is 6. The standard InChI is InChI=1S/C14H18N2O5S/c1-8-10-12(22-11(8)14(18)19)15-9(4-6-20-2)16(13(10)17)5-7-21-3/h4-7H2,1-3H3,(H,18,19). The van der Waals surface area contributed by atoms with Crippen molar-refractivity contribution in [3.8, 4) is 0 Å². The van der Waals surface area contributed by atoms with Crippen molar-refractivity contribution in [2.24, 2.45) is 0 Å². The summed E-state index contributed by atoms with van der Waals surface area (Å²) in [4.78, 5) is 29.1. The first kappa shape index (κ1) is 16.6. The van der Waals surface area contributed by atoms with Crippen LogP contribution in [0.2, 0.25) is 0 Å². The highest BCUT2D eigenvalue weighted by molar-refractivity contribution is 7.20. The van der Waals surface area contributed by atoms with E-state index in [4.69, 9.17) is 9.47 Å². The van der Waals surface area contributed by atoms with E-state index < -0.39 is 5.97 Å². The number of hydrogen-bond donors (Lipinski definition) is 1. The van der Waals surface area contributed by atoms with Crippen molar-refractivity contribution in [2.75, 3.05) is 27.4 Å². The van der Waals surface area contributed by atoms with Crippen LogP contribution in [0.3, 0.4) is 0 Å². The van der Waals surface area contributed by atoms with Gasteiger partial charge in [0.15, 0.2) is 0 Å². The smallest absolute Gasteiger partial charge is 0.346 e. The lowest BCUT2D eigenvalue weighted by atomic mass is 10.2. The Kier molecular flexibility index (Phi) is 5.28. The highest BCUT2D eigenvalue weighted by atomic mass is 32.1. The van der Waals surface area contributed by atoms with Crippen molar-refractivity contribution in [3.05, 3.63) is 26.6 Å². The number of aryl methyl sites for hydroxylation is 1. The Bertz CT molecular complexity index is 750. The van der Waals surface area contributed by atoms with Crippen LogP contribution >= 0.6 is 11.3 Å². The monoisotopic (exact) mass is 326 g/mol. The lowest BCUT2D eigenvalue weighted by Gasteiger charge is -2.11. The molecular formula is C14H18N2O5S. The van der Waals surface area contributed by atoms with Gasteiger partial charge in [-0.05, 0) is 12.5 Å². The van der Waals surface area contributed by atoms with Crippen molar-refractivity contribution in [1.82, 2.24) is 9.55 Å². The second-order valence-electron chi connectivity index (χ2n) is 4.76. The fourth-order valence-corrected chi connectivity index (χ4v) is 3.29. The van der Waals surface area contributed by atoms with E-state index >= 15 is 0 Å². The molecule has 2 aromatic heterocycles. The number of aromatic carboxylic acids is 1. The molecule has 0 fully saturated rings. The van der Waals surface area contributed by atoms with Gasteiger partial charge in [0.05, 0.1) is 25.1 Å². The summed E-state index contributed by atoms with van der Waals surface area (Å²) < 4.78 is 11.6. The molecule has 0 aromatic carbocycles. The van der Waals surface area contributed by atoms with Gasteiger partial charge in [-0.1, -0.05) is 0 Å². The Labute approximate surface area is 131 Å². The van der Waals surface area contributed by atoms with Gasteiger partial charge in [0.1, 0.15) is 15.5 Å². The van der Waals surface area contributed by atoms with Crippen molar-refractivity contribution in [3.63, 3.8) is 0 Å². The number of carbonyl (C=O) groups is 1. The molecule has 22 heavy (non-hydrogen) atoms. The van der Waals surface area contributed by atoms with Gasteiger partial charge in [0.25, 0.3) is 5.56 Å². The van der Waals surface area contributed by atoms with E-state index in [0.717, 1.165) is 11.3 Å². The van der Waals surface area contributed by atoms with E-state index in [1.807, 2.05) is 0 Å². The normalized spacial score (nSPS) is 11.2. The molecule has 0 aliphatic heterocycles. The summed E-state index contributed by atoms with van der Waals surface area (Å²) in [5.41, 5.74) is 0.240. The number of rotatable bonds is 7. The topological polar surface area (TPSA) is 90.7 Å². The lowest BCUT2D eigenvalue weighted by molar-refractivity contribution is 0.0701. The third-order valence-electron chi connectivity index (χ3n) is 3.37. The molecule has 8 heteroatoms. The van der Waals surface area contributed by atoms with Gasteiger partial charge in [0.2, 0.25) is 0 Å². The third-order valence-corrected chi connectivity index (χ3v) is 4.55. The molecule has 0 amide bonds. The number of fused-ring (bicyclic) bond motifs is 1. The maximum Gasteiger partial charge on any atom is 0.346 e. The number of thiophene rings is 1. The van der Waals surface area contributed by atoms with Crippen LogP contribution in [0, 0.1) is 6.92 Å². The average Bonchev–Trinajstić information content (AvgIpc) is 2.81. The molecule has 2 heterocycles. The second kappa shape index (κ2) is 6.99. The van der Waals surface area contributed by atoms with E-state index in [0.29, 0.717) is 47.8 Å². The van der Waals surface area contributed by atoms with Crippen molar-refractivity contribution in [2.45, 2.75) is 19.9 Å². The van der Waals surface area contributed by atoms with E-state index in [9.17, 15) is 14.7 Å². The predicted molar refractivity (Wildman–Crippen MR) is 83.0 cm³/mol. The molecule has 0 aliphatic rings. The molecule has 0 atom stereocenters. The highest BCUT2D eigenvalue weighted by Gasteiger charge is 2.20.